The normalized spacial score (nSPS) is 10.1. The van der Waals surface area contributed by atoms with Crippen LogP contribution < -0.4 is 5.73 Å². The van der Waals surface area contributed by atoms with Gasteiger partial charge in [0.1, 0.15) is 0 Å². The molecule has 2 aromatic rings. The number of rotatable bonds is 2. The Hall–Kier alpha value is -2.16. The molecule has 2 rings (SSSR count). The van der Waals surface area contributed by atoms with Crippen molar-refractivity contribution in [3.05, 3.63) is 59.4 Å². The lowest BCUT2D eigenvalue weighted by Crippen LogP contribution is -2.05. The number of pyridine rings is 1. The lowest BCUT2D eigenvalue weighted by molar-refractivity contribution is 0.103. The van der Waals surface area contributed by atoms with Gasteiger partial charge in [-0.15, -0.1) is 0 Å². The van der Waals surface area contributed by atoms with Crippen LogP contribution in [0.25, 0.3) is 0 Å². The standard InChI is InChI=1S/C13H12N2O/c1-9-2-4-10(5-3-9)13(16)11-8-15-7-6-12(11)14/h2-8H,1H3,(H2,14,15). The Morgan fingerprint density at radius 2 is 1.88 bits per heavy atom. The predicted molar refractivity (Wildman–Crippen MR) is 63.3 cm³/mol. The molecular weight excluding hydrogens is 200 g/mol. The van der Waals surface area contributed by atoms with E-state index in [4.69, 9.17) is 5.73 Å². The lowest BCUT2D eigenvalue weighted by Gasteiger charge is -2.03. The minimum absolute atomic E-state index is 0.0920. The topological polar surface area (TPSA) is 56.0 Å². The van der Waals surface area contributed by atoms with E-state index in [1.807, 2.05) is 19.1 Å². The number of anilines is 1. The summed E-state index contributed by atoms with van der Waals surface area (Å²) in [5.74, 6) is -0.0920. The number of aromatic nitrogens is 1. The predicted octanol–water partition coefficient (Wildman–Crippen LogP) is 2.20. The minimum Gasteiger partial charge on any atom is -0.398 e. The van der Waals surface area contributed by atoms with Crippen LogP contribution in [0.2, 0.25) is 0 Å². The monoisotopic (exact) mass is 212 g/mol. The van der Waals surface area contributed by atoms with Gasteiger partial charge in [0.05, 0.1) is 5.56 Å². The molecule has 1 aromatic heterocycles. The van der Waals surface area contributed by atoms with E-state index in [0.717, 1.165) is 5.56 Å². The van der Waals surface area contributed by atoms with Crippen LogP contribution >= 0.6 is 0 Å². The van der Waals surface area contributed by atoms with E-state index in [2.05, 4.69) is 4.98 Å². The Balaban J connectivity index is 2.40. The number of hydrogen-bond donors (Lipinski definition) is 1. The Bertz CT molecular complexity index is 518. The van der Waals surface area contributed by atoms with Gasteiger partial charge in [0.2, 0.25) is 0 Å². The van der Waals surface area contributed by atoms with Crippen LogP contribution in [-0.2, 0) is 0 Å². The Morgan fingerprint density at radius 1 is 1.19 bits per heavy atom. The first-order valence-corrected chi connectivity index (χ1v) is 4.99. The summed E-state index contributed by atoms with van der Waals surface area (Å²) < 4.78 is 0. The molecule has 0 atom stereocenters. The van der Waals surface area contributed by atoms with Gasteiger partial charge in [0, 0.05) is 23.6 Å². The van der Waals surface area contributed by atoms with Crippen molar-refractivity contribution >= 4 is 11.5 Å². The molecule has 0 fully saturated rings. The largest absolute Gasteiger partial charge is 0.398 e. The van der Waals surface area contributed by atoms with E-state index in [-0.39, 0.29) is 5.78 Å². The highest BCUT2D eigenvalue weighted by atomic mass is 16.1. The van der Waals surface area contributed by atoms with Gasteiger partial charge in [-0.05, 0) is 13.0 Å². The van der Waals surface area contributed by atoms with Gasteiger partial charge in [0.15, 0.2) is 5.78 Å². The molecule has 0 amide bonds. The third-order valence-electron chi connectivity index (χ3n) is 2.41. The van der Waals surface area contributed by atoms with Crippen molar-refractivity contribution in [3.8, 4) is 0 Å². The molecule has 0 saturated heterocycles. The second-order valence-corrected chi connectivity index (χ2v) is 3.66. The van der Waals surface area contributed by atoms with E-state index in [0.29, 0.717) is 16.8 Å². The van der Waals surface area contributed by atoms with Crippen molar-refractivity contribution in [2.45, 2.75) is 6.92 Å². The number of carbonyl (C=O) groups excluding carboxylic acids is 1. The number of carbonyl (C=O) groups is 1. The Labute approximate surface area is 93.9 Å². The maximum Gasteiger partial charge on any atom is 0.196 e. The van der Waals surface area contributed by atoms with Crippen molar-refractivity contribution in [3.63, 3.8) is 0 Å². The quantitative estimate of drug-likeness (QED) is 0.776. The van der Waals surface area contributed by atoms with Crippen molar-refractivity contribution in [1.29, 1.82) is 0 Å². The first kappa shape index (κ1) is 10.4. The SMILES string of the molecule is Cc1ccc(C(=O)c2cnccc2N)cc1. The molecule has 0 aliphatic carbocycles. The lowest BCUT2D eigenvalue weighted by atomic mass is 10.0. The Kier molecular flexibility index (Phi) is 2.68. The number of ketones is 1. The Morgan fingerprint density at radius 3 is 2.50 bits per heavy atom. The molecular formula is C13H12N2O. The molecule has 0 radical (unpaired) electrons. The maximum absolute atomic E-state index is 12.1. The molecule has 0 aliphatic rings. The average molecular weight is 212 g/mol. The van der Waals surface area contributed by atoms with Crippen LogP contribution in [0.4, 0.5) is 5.69 Å². The van der Waals surface area contributed by atoms with Crippen molar-refractivity contribution in [2.24, 2.45) is 0 Å². The molecule has 1 heterocycles. The zero-order valence-electron chi connectivity index (χ0n) is 8.97. The second-order valence-electron chi connectivity index (χ2n) is 3.66. The molecule has 3 nitrogen and oxygen atoms in total. The number of nitrogens with zero attached hydrogens (tertiary/aromatic N) is 1. The number of nitrogens with two attached hydrogens (primary N) is 1. The highest BCUT2D eigenvalue weighted by Crippen LogP contribution is 2.15. The summed E-state index contributed by atoms with van der Waals surface area (Å²) in [7, 11) is 0. The van der Waals surface area contributed by atoms with Gasteiger partial charge in [-0.1, -0.05) is 29.8 Å². The van der Waals surface area contributed by atoms with Crippen LogP contribution in [0, 0.1) is 6.92 Å². The van der Waals surface area contributed by atoms with Gasteiger partial charge >= 0.3 is 0 Å². The minimum atomic E-state index is -0.0920. The molecule has 2 N–H and O–H groups in total. The van der Waals surface area contributed by atoms with E-state index < -0.39 is 0 Å². The van der Waals surface area contributed by atoms with Crippen LogP contribution in [0.15, 0.2) is 42.7 Å². The third-order valence-corrected chi connectivity index (χ3v) is 2.41. The van der Waals surface area contributed by atoms with E-state index in [1.165, 1.54) is 6.20 Å². The molecule has 16 heavy (non-hydrogen) atoms. The first-order valence-electron chi connectivity index (χ1n) is 4.99. The molecule has 3 heteroatoms. The zero-order chi connectivity index (χ0) is 11.5. The highest BCUT2D eigenvalue weighted by Gasteiger charge is 2.11. The fourth-order valence-corrected chi connectivity index (χ4v) is 1.46. The van der Waals surface area contributed by atoms with E-state index in [1.54, 1.807) is 24.4 Å². The van der Waals surface area contributed by atoms with E-state index >= 15 is 0 Å². The molecule has 0 spiro atoms. The summed E-state index contributed by atoms with van der Waals surface area (Å²) in [5.41, 5.74) is 8.39. The zero-order valence-corrected chi connectivity index (χ0v) is 8.97. The van der Waals surface area contributed by atoms with Crippen LogP contribution in [0.5, 0.6) is 0 Å². The summed E-state index contributed by atoms with van der Waals surface area (Å²) in [5, 5.41) is 0. The molecule has 0 aliphatic heterocycles. The average Bonchev–Trinajstić information content (AvgIpc) is 2.30. The third kappa shape index (κ3) is 1.93. The van der Waals surface area contributed by atoms with Crippen LogP contribution in [-0.4, -0.2) is 10.8 Å². The van der Waals surface area contributed by atoms with Crippen molar-refractivity contribution < 1.29 is 4.79 Å². The van der Waals surface area contributed by atoms with Gasteiger partial charge in [-0.2, -0.15) is 0 Å². The number of aryl methyl sites for hydroxylation is 1. The first-order chi connectivity index (χ1) is 7.68. The van der Waals surface area contributed by atoms with Crippen LogP contribution in [0.1, 0.15) is 21.5 Å². The summed E-state index contributed by atoms with van der Waals surface area (Å²) >= 11 is 0. The molecule has 1 aromatic carbocycles. The number of benzene rings is 1. The number of hydrogen-bond acceptors (Lipinski definition) is 3. The number of nitrogen functional groups attached to an aromatic ring is 1. The summed E-state index contributed by atoms with van der Waals surface area (Å²) in [4.78, 5) is 16.0. The van der Waals surface area contributed by atoms with Gasteiger partial charge < -0.3 is 5.73 Å². The summed E-state index contributed by atoms with van der Waals surface area (Å²) in [6.45, 7) is 1.98. The fraction of sp³-hybridized carbons (Fsp3) is 0.0769. The summed E-state index contributed by atoms with van der Waals surface area (Å²) in [6.07, 6.45) is 3.07. The second kappa shape index (κ2) is 4.14. The van der Waals surface area contributed by atoms with Crippen molar-refractivity contribution in [1.82, 2.24) is 4.98 Å². The fourth-order valence-electron chi connectivity index (χ4n) is 1.46. The van der Waals surface area contributed by atoms with Gasteiger partial charge in [-0.3, -0.25) is 9.78 Å². The molecule has 0 bridgehead atoms. The van der Waals surface area contributed by atoms with Crippen LogP contribution in [0.3, 0.4) is 0 Å². The van der Waals surface area contributed by atoms with Crippen molar-refractivity contribution in [2.75, 3.05) is 5.73 Å². The van der Waals surface area contributed by atoms with E-state index in [9.17, 15) is 4.79 Å². The smallest absolute Gasteiger partial charge is 0.196 e. The maximum atomic E-state index is 12.1. The van der Waals surface area contributed by atoms with Gasteiger partial charge in [0.25, 0.3) is 0 Å². The molecule has 0 saturated carbocycles. The molecule has 0 unspecified atom stereocenters. The summed E-state index contributed by atoms with van der Waals surface area (Å²) in [6, 6.07) is 9.02. The van der Waals surface area contributed by atoms with Gasteiger partial charge in [-0.25, -0.2) is 0 Å². The highest BCUT2D eigenvalue weighted by molar-refractivity contribution is 6.11. The molecule has 80 valence electrons.